The Labute approximate surface area is 230 Å². The number of ether oxygens (including phenoxy) is 3. The van der Waals surface area contributed by atoms with Crippen molar-refractivity contribution in [3.05, 3.63) is 22.9 Å². The number of rotatable bonds is 8. The molecular formula is C29H42N2O8. The second-order valence-corrected chi connectivity index (χ2v) is 12.1. The number of methoxy groups -OCH3 is 1. The zero-order valence-corrected chi connectivity index (χ0v) is 24.1. The average Bonchev–Trinajstić information content (AvgIpc) is 3.15. The minimum atomic E-state index is -1.19. The van der Waals surface area contributed by atoms with Crippen molar-refractivity contribution in [3.63, 3.8) is 0 Å². The van der Waals surface area contributed by atoms with Crippen molar-refractivity contribution in [1.82, 2.24) is 9.80 Å². The molecule has 1 N–H and O–H groups in total. The summed E-state index contributed by atoms with van der Waals surface area (Å²) >= 11 is 0. The van der Waals surface area contributed by atoms with Gasteiger partial charge in [-0.3, -0.25) is 14.4 Å². The summed E-state index contributed by atoms with van der Waals surface area (Å²) in [4.78, 5) is 57.8. The van der Waals surface area contributed by atoms with Gasteiger partial charge >= 0.3 is 11.9 Å². The molecule has 7 atom stereocenters. The Hall–Kier alpha value is -2.56. The van der Waals surface area contributed by atoms with Gasteiger partial charge in [-0.2, -0.15) is 0 Å². The molecule has 216 valence electrons. The maximum Gasteiger partial charge on any atom is 0.336 e. The summed E-state index contributed by atoms with van der Waals surface area (Å²) in [5.41, 5.74) is -0.957. The van der Waals surface area contributed by atoms with E-state index in [0.29, 0.717) is 43.5 Å². The van der Waals surface area contributed by atoms with Crippen LogP contribution in [0, 0.1) is 22.7 Å². The van der Waals surface area contributed by atoms with Gasteiger partial charge in [-0.25, -0.2) is 4.79 Å². The third-order valence-corrected chi connectivity index (χ3v) is 9.44. The summed E-state index contributed by atoms with van der Waals surface area (Å²) in [6, 6.07) is 0. The molecule has 0 radical (unpaired) electrons. The molecule has 0 aromatic heterocycles. The highest BCUT2D eigenvalue weighted by atomic mass is 16.6. The van der Waals surface area contributed by atoms with Crippen LogP contribution in [0.4, 0.5) is 0 Å². The minimum Gasteiger partial charge on any atom is -0.458 e. The molecule has 0 aromatic carbocycles. The van der Waals surface area contributed by atoms with E-state index in [4.69, 9.17) is 14.2 Å². The Morgan fingerprint density at radius 2 is 1.87 bits per heavy atom. The number of allylic oxidation sites excluding steroid dienone is 1. The third-order valence-electron chi connectivity index (χ3n) is 9.44. The molecule has 39 heavy (non-hydrogen) atoms. The van der Waals surface area contributed by atoms with Crippen LogP contribution in [0.2, 0.25) is 0 Å². The predicted molar refractivity (Wildman–Crippen MR) is 141 cm³/mol. The lowest BCUT2D eigenvalue weighted by Gasteiger charge is -2.56. The highest BCUT2D eigenvalue weighted by Gasteiger charge is 2.67. The number of carbonyl (C=O) groups is 4. The Morgan fingerprint density at radius 1 is 1.18 bits per heavy atom. The van der Waals surface area contributed by atoms with E-state index in [9.17, 15) is 24.3 Å². The van der Waals surface area contributed by atoms with E-state index < -0.39 is 58.6 Å². The lowest BCUT2D eigenvalue weighted by atomic mass is 9.50. The maximum absolute atomic E-state index is 14.1. The van der Waals surface area contributed by atoms with E-state index in [2.05, 4.69) is 0 Å². The number of Topliss-reactive ketones (excluding diaryl/α,β-unsaturated/α-hetero) is 2. The van der Waals surface area contributed by atoms with E-state index in [1.165, 1.54) is 14.0 Å². The Kier molecular flexibility index (Phi) is 8.13. The van der Waals surface area contributed by atoms with Crippen molar-refractivity contribution in [2.45, 2.75) is 65.3 Å². The molecule has 10 heteroatoms. The van der Waals surface area contributed by atoms with Crippen LogP contribution in [-0.4, -0.2) is 104 Å². The van der Waals surface area contributed by atoms with E-state index in [0.717, 1.165) is 6.54 Å². The van der Waals surface area contributed by atoms with Crippen molar-refractivity contribution >= 4 is 23.5 Å². The fourth-order valence-electron chi connectivity index (χ4n) is 7.33. The van der Waals surface area contributed by atoms with Crippen molar-refractivity contribution in [1.29, 1.82) is 0 Å². The maximum atomic E-state index is 14.1. The lowest BCUT2D eigenvalue weighted by Crippen LogP contribution is -2.63. The summed E-state index contributed by atoms with van der Waals surface area (Å²) in [7, 11) is 5.38. The number of cyclic esters (lactones) is 1. The van der Waals surface area contributed by atoms with Gasteiger partial charge in [0.05, 0.1) is 24.2 Å². The summed E-state index contributed by atoms with van der Waals surface area (Å²) in [6.07, 6.45) is 0.528. The van der Waals surface area contributed by atoms with Crippen molar-refractivity contribution in [2.24, 2.45) is 22.7 Å². The largest absolute Gasteiger partial charge is 0.458 e. The fraction of sp³-hybridized carbons (Fsp3) is 0.724. The standard InChI is InChI=1S/C29H42N2O8/c1-8-31(12-11-30(5)6)14-17-23-26(35)25(34)22-18-9-10-20(33)28(18,3)13-19(38-16(2)32)24(22)29(23,4)21(15-37-7)39-27(17)36/h14,18-21,23,33H,8-13,15H2,1-7H3/b17-14+/t18?,19-,20+,21-,23?,28+,29+/m1/s1. The Morgan fingerprint density at radius 3 is 2.46 bits per heavy atom. The number of carbonyl (C=O) groups excluding carboxylic acids is 4. The van der Waals surface area contributed by atoms with Crippen LogP contribution in [0.25, 0.3) is 0 Å². The normalized spacial score (nSPS) is 37.0. The molecular weight excluding hydrogens is 504 g/mol. The molecule has 4 aliphatic rings. The van der Waals surface area contributed by atoms with Gasteiger partial charge in [0.25, 0.3) is 0 Å². The van der Waals surface area contributed by atoms with Crippen LogP contribution < -0.4 is 0 Å². The minimum absolute atomic E-state index is 0.000255. The van der Waals surface area contributed by atoms with Crippen LogP contribution in [0.3, 0.4) is 0 Å². The second kappa shape index (κ2) is 10.8. The van der Waals surface area contributed by atoms with Crippen LogP contribution in [0.1, 0.15) is 47.0 Å². The van der Waals surface area contributed by atoms with Gasteiger partial charge < -0.3 is 29.1 Å². The van der Waals surface area contributed by atoms with Gasteiger partial charge in [0.2, 0.25) is 11.6 Å². The average molecular weight is 547 g/mol. The van der Waals surface area contributed by atoms with Gasteiger partial charge in [0.1, 0.15) is 12.2 Å². The Bertz CT molecular complexity index is 1110. The number of aliphatic hydroxyl groups is 1. The predicted octanol–water partition coefficient (Wildman–Crippen LogP) is 1.51. The Balaban J connectivity index is 1.95. The van der Waals surface area contributed by atoms with E-state index in [1.807, 2.05) is 44.7 Å². The third kappa shape index (κ3) is 4.74. The lowest BCUT2D eigenvalue weighted by molar-refractivity contribution is -0.175. The smallest absolute Gasteiger partial charge is 0.336 e. The number of likely N-dealkylation sites (N-methyl/N-ethyl adjacent to an activating group) is 2. The highest BCUT2D eigenvalue weighted by Crippen LogP contribution is 2.63. The van der Waals surface area contributed by atoms with Crippen molar-refractivity contribution < 1.29 is 38.5 Å². The zero-order valence-electron chi connectivity index (χ0n) is 24.1. The molecule has 1 saturated heterocycles. The molecule has 0 spiro atoms. The topological polar surface area (TPSA) is 123 Å². The summed E-state index contributed by atoms with van der Waals surface area (Å²) in [5, 5.41) is 10.9. The first-order chi connectivity index (χ1) is 18.3. The monoisotopic (exact) mass is 546 g/mol. The molecule has 0 amide bonds. The number of fused-ring (bicyclic) bond motifs is 4. The summed E-state index contributed by atoms with van der Waals surface area (Å²) in [6.45, 7) is 8.88. The molecule has 4 rings (SSSR count). The van der Waals surface area contributed by atoms with Crippen LogP contribution in [0.5, 0.6) is 0 Å². The number of nitrogens with zero attached hydrogens (tertiary/aromatic N) is 2. The summed E-state index contributed by atoms with van der Waals surface area (Å²) < 4.78 is 17.3. The van der Waals surface area contributed by atoms with E-state index in [1.54, 1.807) is 6.20 Å². The number of esters is 2. The quantitative estimate of drug-likeness (QED) is 0.272. The van der Waals surface area contributed by atoms with Crippen LogP contribution in [-0.2, 0) is 33.4 Å². The molecule has 2 unspecified atom stereocenters. The van der Waals surface area contributed by atoms with Gasteiger partial charge in [-0.1, -0.05) is 13.8 Å². The number of hydrogen-bond donors (Lipinski definition) is 1. The van der Waals surface area contributed by atoms with Crippen molar-refractivity contribution in [2.75, 3.05) is 47.4 Å². The second-order valence-electron chi connectivity index (χ2n) is 12.1. The van der Waals surface area contributed by atoms with E-state index in [-0.39, 0.29) is 18.1 Å². The van der Waals surface area contributed by atoms with Crippen LogP contribution >= 0.6 is 0 Å². The molecule has 0 bridgehead atoms. The molecule has 2 fully saturated rings. The van der Waals surface area contributed by atoms with Gasteiger partial charge in [0, 0.05) is 56.3 Å². The van der Waals surface area contributed by atoms with Gasteiger partial charge in [-0.15, -0.1) is 0 Å². The first-order valence-electron chi connectivity index (χ1n) is 13.8. The zero-order chi connectivity index (χ0) is 28.9. The molecule has 0 aromatic rings. The van der Waals surface area contributed by atoms with E-state index >= 15 is 0 Å². The number of aliphatic hydroxyl groups excluding tert-OH is 1. The number of ketones is 2. The van der Waals surface area contributed by atoms with Gasteiger partial charge in [0.15, 0.2) is 0 Å². The fourth-order valence-corrected chi connectivity index (χ4v) is 7.33. The highest BCUT2D eigenvalue weighted by molar-refractivity contribution is 6.47. The SMILES string of the molecule is CCN(/C=C1/C(=O)O[C@H](COC)[C@]2(C)C3=C(C(=O)C(=O)C12)C1CC[C@H](O)[C@@]1(C)C[C@H]3OC(C)=O)CCN(C)C. The van der Waals surface area contributed by atoms with Gasteiger partial charge in [-0.05, 0) is 51.8 Å². The molecule has 1 aliphatic heterocycles. The first kappa shape index (κ1) is 29.4. The van der Waals surface area contributed by atoms with Crippen LogP contribution in [0.15, 0.2) is 22.9 Å². The molecule has 3 aliphatic carbocycles. The molecule has 1 heterocycles. The number of hydrogen-bond acceptors (Lipinski definition) is 10. The van der Waals surface area contributed by atoms with Crippen molar-refractivity contribution in [3.8, 4) is 0 Å². The summed E-state index contributed by atoms with van der Waals surface area (Å²) in [5.74, 6) is -4.01. The first-order valence-corrected chi connectivity index (χ1v) is 13.8. The molecule has 10 nitrogen and oxygen atoms in total. The molecule has 1 saturated carbocycles.